The van der Waals surface area contributed by atoms with Crippen LogP contribution < -0.4 is 5.32 Å². The minimum absolute atomic E-state index is 0.165. The van der Waals surface area contributed by atoms with E-state index in [-0.39, 0.29) is 16.8 Å². The van der Waals surface area contributed by atoms with E-state index in [1.807, 2.05) is 38.1 Å². The highest BCUT2D eigenvalue weighted by atomic mass is 32.2. The molecule has 3 rings (SSSR count). The van der Waals surface area contributed by atoms with Crippen LogP contribution in [0.15, 0.2) is 53.4 Å². The molecule has 0 unspecified atom stereocenters. The van der Waals surface area contributed by atoms with Gasteiger partial charge in [-0.25, -0.2) is 8.42 Å². The van der Waals surface area contributed by atoms with E-state index < -0.39 is 10.0 Å². The van der Waals surface area contributed by atoms with E-state index >= 15 is 0 Å². The van der Waals surface area contributed by atoms with Crippen molar-refractivity contribution < 1.29 is 13.2 Å². The minimum atomic E-state index is -3.53. The van der Waals surface area contributed by atoms with Crippen molar-refractivity contribution in [3.05, 3.63) is 65.2 Å². The van der Waals surface area contributed by atoms with Gasteiger partial charge < -0.3 is 5.32 Å². The molecule has 6 heteroatoms. The van der Waals surface area contributed by atoms with Crippen molar-refractivity contribution in [2.45, 2.75) is 37.6 Å². The fourth-order valence-electron chi connectivity index (χ4n) is 3.09. The molecule has 1 fully saturated rings. The van der Waals surface area contributed by atoms with Gasteiger partial charge >= 0.3 is 0 Å². The van der Waals surface area contributed by atoms with Crippen LogP contribution in [0.2, 0.25) is 0 Å². The first-order chi connectivity index (χ1) is 12.4. The van der Waals surface area contributed by atoms with Crippen LogP contribution in [-0.2, 0) is 10.0 Å². The normalized spacial score (nSPS) is 16.4. The van der Waals surface area contributed by atoms with E-state index in [4.69, 9.17) is 0 Å². The van der Waals surface area contributed by atoms with Crippen molar-refractivity contribution in [2.24, 2.45) is 0 Å². The van der Waals surface area contributed by atoms with Crippen molar-refractivity contribution in [2.75, 3.05) is 13.1 Å². The second kappa shape index (κ2) is 7.60. The highest BCUT2D eigenvalue weighted by Gasteiger charge is 2.27. The Bertz CT molecular complexity index is 886. The summed E-state index contributed by atoms with van der Waals surface area (Å²) in [5, 5.41) is 2.93. The second-order valence-corrected chi connectivity index (χ2v) is 8.68. The molecule has 1 aliphatic heterocycles. The molecule has 0 saturated carbocycles. The molecule has 1 heterocycles. The Balaban J connectivity index is 1.77. The number of hydrogen-bond acceptors (Lipinski definition) is 3. The lowest BCUT2D eigenvalue weighted by atomic mass is 10.1. The standard InChI is InChI=1S/C20H24N2O3S/c1-15-8-10-17(11-9-15)16(2)21-20(23)18-6-5-7-19(14-18)26(24,25)22-12-3-4-13-22/h5-11,14,16H,3-4,12-13H2,1-2H3,(H,21,23)/t16-/m1/s1. The van der Waals surface area contributed by atoms with Crippen LogP contribution >= 0.6 is 0 Å². The summed E-state index contributed by atoms with van der Waals surface area (Å²) in [5.41, 5.74) is 2.51. The van der Waals surface area contributed by atoms with Crippen LogP contribution in [0.1, 0.15) is 47.3 Å². The van der Waals surface area contributed by atoms with Gasteiger partial charge in [-0.05, 0) is 50.5 Å². The van der Waals surface area contributed by atoms with Crippen molar-refractivity contribution in [1.82, 2.24) is 9.62 Å². The third kappa shape index (κ3) is 3.97. The first-order valence-electron chi connectivity index (χ1n) is 8.85. The Labute approximate surface area is 155 Å². The first kappa shape index (κ1) is 18.6. The summed E-state index contributed by atoms with van der Waals surface area (Å²) in [6.45, 7) is 5.01. The van der Waals surface area contributed by atoms with Gasteiger partial charge in [0.1, 0.15) is 0 Å². The van der Waals surface area contributed by atoms with Crippen molar-refractivity contribution in [3.8, 4) is 0 Å². The maximum Gasteiger partial charge on any atom is 0.251 e. The topological polar surface area (TPSA) is 66.5 Å². The van der Waals surface area contributed by atoms with Gasteiger partial charge in [0.15, 0.2) is 0 Å². The number of nitrogens with one attached hydrogen (secondary N) is 1. The fourth-order valence-corrected chi connectivity index (χ4v) is 4.66. The number of aryl methyl sites for hydroxylation is 1. The van der Waals surface area contributed by atoms with Crippen molar-refractivity contribution in [1.29, 1.82) is 0 Å². The van der Waals surface area contributed by atoms with Gasteiger partial charge in [0.2, 0.25) is 10.0 Å². The molecule has 1 aliphatic rings. The third-order valence-corrected chi connectivity index (χ3v) is 6.62. The lowest BCUT2D eigenvalue weighted by molar-refractivity contribution is 0.0939. The predicted molar refractivity (Wildman–Crippen MR) is 101 cm³/mol. The molecule has 2 aromatic carbocycles. The van der Waals surface area contributed by atoms with Crippen molar-refractivity contribution >= 4 is 15.9 Å². The Morgan fingerprint density at radius 1 is 1.08 bits per heavy atom. The number of carbonyl (C=O) groups excluding carboxylic acids is 1. The summed E-state index contributed by atoms with van der Waals surface area (Å²) in [4.78, 5) is 12.8. The maximum absolute atomic E-state index is 12.7. The lowest BCUT2D eigenvalue weighted by Gasteiger charge is -2.17. The molecule has 0 aromatic heterocycles. The number of sulfonamides is 1. The van der Waals surface area contributed by atoms with Gasteiger partial charge in [0, 0.05) is 18.7 Å². The molecule has 0 aliphatic carbocycles. The lowest BCUT2D eigenvalue weighted by Crippen LogP contribution is -2.29. The molecule has 26 heavy (non-hydrogen) atoms. The molecular formula is C20H24N2O3S. The molecule has 2 aromatic rings. The Morgan fingerprint density at radius 2 is 1.73 bits per heavy atom. The first-order valence-corrected chi connectivity index (χ1v) is 10.3. The average molecular weight is 372 g/mol. The number of carbonyl (C=O) groups is 1. The predicted octanol–water partition coefficient (Wildman–Crippen LogP) is 3.27. The van der Waals surface area contributed by atoms with E-state index in [0.717, 1.165) is 24.0 Å². The summed E-state index contributed by atoms with van der Waals surface area (Å²) < 4.78 is 26.8. The molecule has 1 atom stereocenters. The van der Waals surface area contributed by atoms with Gasteiger partial charge in [0.25, 0.3) is 5.91 Å². The number of hydrogen-bond donors (Lipinski definition) is 1. The molecule has 1 amide bonds. The second-order valence-electron chi connectivity index (χ2n) is 6.74. The van der Waals surface area contributed by atoms with Gasteiger partial charge in [-0.15, -0.1) is 0 Å². The van der Waals surface area contributed by atoms with E-state index in [0.29, 0.717) is 18.7 Å². The van der Waals surface area contributed by atoms with E-state index in [1.165, 1.54) is 10.4 Å². The van der Waals surface area contributed by atoms with Gasteiger partial charge in [0.05, 0.1) is 10.9 Å². The average Bonchev–Trinajstić information content (AvgIpc) is 3.18. The quantitative estimate of drug-likeness (QED) is 0.876. The summed E-state index contributed by atoms with van der Waals surface area (Å²) in [6, 6.07) is 14.1. The van der Waals surface area contributed by atoms with Crippen molar-refractivity contribution in [3.63, 3.8) is 0 Å². The number of benzene rings is 2. The molecule has 1 saturated heterocycles. The number of amides is 1. The zero-order valence-corrected chi connectivity index (χ0v) is 15.9. The summed E-state index contributed by atoms with van der Waals surface area (Å²) in [7, 11) is -3.53. The Hall–Kier alpha value is -2.18. The SMILES string of the molecule is Cc1ccc([C@@H](C)NC(=O)c2cccc(S(=O)(=O)N3CCCC3)c2)cc1. The van der Waals surface area contributed by atoms with E-state index in [2.05, 4.69) is 5.32 Å². The largest absolute Gasteiger partial charge is 0.346 e. The van der Waals surface area contributed by atoms with Crippen LogP contribution in [0.4, 0.5) is 0 Å². The van der Waals surface area contributed by atoms with Crippen LogP contribution in [0.3, 0.4) is 0 Å². The Kier molecular flexibility index (Phi) is 5.44. The monoisotopic (exact) mass is 372 g/mol. The molecule has 138 valence electrons. The van der Waals surface area contributed by atoms with Crippen LogP contribution in [-0.4, -0.2) is 31.7 Å². The zero-order valence-electron chi connectivity index (χ0n) is 15.1. The van der Waals surface area contributed by atoms with Gasteiger partial charge in [-0.2, -0.15) is 4.31 Å². The van der Waals surface area contributed by atoms with E-state index in [1.54, 1.807) is 18.2 Å². The third-order valence-electron chi connectivity index (χ3n) is 4.72. The van der Waals surface area contributed by atoms with Crippen LogP contribution in [0.25, 0.3) is 0 Å². The summed E-state index contributed by atoms with van der Waals surface area (Å²) >= 11 is 0. The zero-order chi connectivity index (χ0) is 18.7. The summed E-state index contributed by atoms with van der Waals surface area (Å²) in [5.74, 6) is -0.281. The highest BCUT2D eigenvalue weighted by Crippen LogP contribution is 2.22. The molecule has 0 radical (unpaired) electrons. The summed E-state index contributed by atoms with van der Waals surface area (Å²) in [6.07, 6.45) is 1.76. The molecular weight excluding hydrogens is 348 g/mol. The minimum Gasteiger partial charge on any atom is -0.346 e. The van der Waals surface area contributed by atoms with Gasteiger partial charge in [-0.1, -0.05) is 35.9 Å². The highest BCUT2D eigenvalue weighted by molar-refractivity contribution is 7.89. The molecule has 5 nitrogen and oxygen atoms in total. The van der Waals surface area contributed by atoms with Crippen LogP contribution in [0, 0.1) is 6.92 Å². The van der Waals surface area contributed by atoms with Crippen LogP contribution in [0.5, 0.6) is 0 Å². The molecule has 1 N–H and O–H groups in total. The van der Waals surface area contributed by atoms with E-state index in [9.17, 15) is 13.2 Å². The maximum atomic E-state index is 12.7. The smallest absolute Gasteiger partial charge is 0.251 e. The van der Waals surface area contributed by atoms with Gasteiger partial charge in [-0.3, -0.25) is 4.79 Å². The number of rotatable bonds is 5. The molecule has 0 spiro atoms. The Morgan fingerprint density at radius 3 is 2.38 bits per heavy atom. The molecule has 0 bridgehead atoms. The fraction of sp³-hybridized carbons (Fsp3) is 0.350. The number of nitrogens with zero attached hydrogens (tertiary/aromatic N) is 1.